The van der Waals surface area contributed by atoms with Gasteiger partial charge in [0.05, 0.1) is 7.11 Å². The zero-order chi connectivity index (χ0) is 15.3. The molecule has 1 unspecified atom stereocenters. The van der Waals surface area contributed by atoms with Gasteiger partial charge in [0.25, 0.3) is 0 Å². The van der Waals surface area contributed by atoms with E-state index in [1.807, 2.05) is 36.4 Å². The van der Waals surface area contributed by atoms with Gasteiger partial charge in [0, 0.05) is 5.41 Å². The first-order chi connectivity index (χ1) is 10.0. The Hall–Kier alpha value is -1.84. The number of methoxy groups -OCH3 is 1. The molecule has 0 saturated carbocycles. The van der Waals surface area contributed by atoms with Crippen molar-refractivity contribution in [1.82, 2.24) is 0 Å². The minimum Gasteiger partial charge on any atom is -0.496 e. The van der Waals surface area contributed by atoms with Crippen LogP contribution in [0.15, 0.2) is 54.6 Å². The standard InChI is InChI=1S/C18H23NO2/c1-18(13-17(19)20,15-9-4-3-5-10-15)12-14-8-6-7-11-16(14)21-2/h3-11,17,20H,12-13,19H2,1-2H3/t17-,18?/m1/s1. The van der Waals surface area contributed by atoms with Gasteiger partial charge in [0.1, 0.15) is 12.0 Å². The predicted octanol–water partition coefficient (Wildman–Crippen LogP) is 2.86. The first kappa shape index (κ1) is 15.5. The fourth-order valence-electron chi connectivity index (χ4n) is 2.86. The average Bonchev–Trinajstić information content (AvgIpc) is 2.48. The van der Waals surface area contributed by atoms with Crippen LogP contribution in [0.2, 0.25) is 0 Å². The van der Waals surface area contributed by atoms with Crippen LogP contribution in [0.25, 0.3) is 0 Å². The number of ether oxygens (including phenoxy) is 1. The van der Waals surface area contributed by atoms with Crippen LogP contribution >= 0.6 is 0 Å². The van der Waals surface area contributed by atoms with E-state index in [4.69, 9.17) is 10.5 Å². The van der Waals surface area contributed by atoms with Crippen molar-refractivity contribution >= 4 is 0 Å². The summed E-state index contributed by atoms with van der Waals surface area (Å²) in [6.07, 6.45) is 0.412. The van der Waals surface area contributed by atoms with E-state index in [1.165, 1.54) is 5.56 Å². The molecule has 21 heavy (non-hydrogen) atoms. The van der Waals surface area contributed by atoms with Crippen LogP contribution in [0, 0.1) is 0 Å². The molecule has 2 rings (SSSR count). The molecular weight excluding hydrogens is 262 g/mol. The number of benzene rings is 2. The lowest BCUT2D eigenvalue weighted by Gasteiger charge is -2.32. The Balaban J connectivity index is 2.37. The zero-order valence-electron chi connectivity index (χ0n) is 12.6. The molecular formula is C18H23NO2. The van der Waals surface area contributed by atoms with Gasteiger partial charge >= 0.3 is 0 Å². The number of hydrogen-bond acceptors (Lipinski definition) is 3. The number of nitrogens with two attached hydrogens (primary N) is 1. The SMILES string of the molecule is COc1ccccc1CC(C)(C[C@H](N)O)c1ccccc1. The van der Waals surface area contributed by atoms with Crippen molar-refractivity contribution in [1.29, 1.82) is 0 Å². The van der Waals surface area contributed by atoms with E-state index in [0.29, 0.717) is 6.42 Å². The lowest BCUT2D eigenvalue weighted by atomic mass is 9.74. The van der Waals surface area contributed by atoms with Crippen molar-refractivity contribution < 1.29 is 9.84 Å². The molecule has 0 amide bonds. The molecule has 112 valence electrons. The molecule has 3 nitrogen and oxygen atoms in total. The maximum atomic E-state index is 9.70. The highest BCUT2D eigenvalue weighted by Gasteiger charge is 2.29. The van der Waals surface area contributed by atoms with Crippen LogP contribution in [-0.4, -0.2) is 18.4 Å². The quantitative estimate of drug-likeness (QED) is 0.802. The summed E-state index contributed by atoms with van der Waals surface area (Å²) < 4.78 is 5.44. The first-order valence-electron chi connectivity index (χ1n) is 7.16. The number of aliphatic hydroxyl groups is 1. The van der Waals surface area contributed by atoms with Gasteiger partial charge < -0.3 is 15.6 Å². The fourth-order valence-corrected chi connectivity index (χ4v) is 2.86. The monoisotopic (exact) mass is 285 g/mol. The molecule has 0 aliphatic rings. The maximum absolute atomic E-state index is 9.70. The topological polar surface area (TPSA) is 55.5 Å². The van der Waals surface area contributed by atoms with Crippen LogP contribution in [-0.2, 0) is 11.8 Å². The fraction of sp³-hybridized carbons (Fsp3) is 0.333. The summed E-state index contributed by atoms with van der Waals surface area (Å²) in [5.41, 5.74) is 7.70. The molecule has 3 heteroatoms. The Morgan fingerprint density at radius 1 is 1.10 bits per heavy atom. The van der Waals surface area contributed by atoms with E-state index in [1.54, 1.807) is 7.11 Å². The van der Waals surface area contributed by atoms with Gasteiger partial charge in [0.2, 0.25) is 0 Å². The summed E-state index contributed by atoms with van der Waals surface area (Å²) in [5.74, 6) is 0.867. The van der Waals surface area contributed by atoms with E-state index in [-0.39, 0.29) is 5.41 Å². The van der Waals surface area contributed by atoms with Crippen LogP contribution in [0.5, 0.6) is 5.75 Å². The molecule has 0 aromatic heterocycles. The van der Waals surface area contributed by atoms with Gasteiger partial charge in [-0.2, -0.15) is 0 Å². The third-order valence-corrected chi connectivity index (χ3v) is 3.90. The van der Waals surface area contributed by atoms with Crippen LogP contribution in [0.1, 0.15) is 24.5 Å². The number of rotatable bonds is 6. The van der Waals surface area contributed by atoms with E-state index >= 15 is 0 Å². The number of aliphatic hydroxyl groups excluding tert-OH is 1. The molecule has 0 aliphatic heterocycles. The van der Waals surface area contributed by atoms with E-state index in [9.17, 15) is 5.11 Å². The molecule has 0 heterocycles. The maximum Gasteiger partial charge on any atom is 0.122 e. The second-order valence-electron chi connectivity index (χ2n) is 5.69. The Labute approximate surface area is 126 Å². The van der Waals surface area contributed by atoms with E-state index in [0.717, 1.165) is 17.7 Å². The van der Waals surface area contributed by atoms with Crippen LogP contribution in [0.3, 0.4) is 0 Å². The minimum absolute atomic E-state index is 0.246. The molecule has 0 fully saturated rings. The van der Waals surface area contributed by atoms with Crippen LogP contribution < -0.4 is 10.5 Å². The summed E-state index contributed by atoms with van der Waals surface area (Å²) in [7, 11) is 1.68. The van der Waals surface area contributed by atoms with Gasteiger partial charge in [-0.05, 0) is 30.0 Å². The second-order valence-corrected chi connectivity index (χ2v) is 5.69. The average molecular weight is 285 g/mol. The third-order valence-electron chi connectivity index (χ3n) is 3.90. The molecule has 2 aromatic carbocycles. The predicted molar refractivity (Wildman–Crippen MR) is 85.3 cm³/mol. The van der Waals surface area contributed by atoms with Gasteiger partial charge in [-0.25, -0.2) is 0 Å². The lowest BCUT2D eigenvalue weighted by molar-refractivity contribution is 0.140. The largest absolute Gasteiger partial charge is 0.496 e. The summed E-state index contributed by atoms with van der Waals surface area (Å²) in [4.78, 5) is 0. The highest BCUT2D eigenvalue weighted by atomic mass is 16.5. The molecule has 0 bridgehead atoms. The highest BCUT2D eigenvalue weighted by Crippen LogP contribution is 2.34. The van der Waals surface area contributed by atoms with E-state index in [2.05, 4.69) is 25.1 Å². The minimum atomic E-state index is -0.843. The third kappa shape index (κ3) is 3.84. The smallest absolute Gasteiger partial charge is 0.122 e. The highest BCUT2D eigenvalue weighted by molar-refractivity contribution is 5.37. The van der Waals surface area contributed by atoms with E-state index < -0.39 is 6.23 Å². The normalized spacial score (nSPS) is 15.2. The Bertz CT molecular complexity index is 568. The van der Waals surface area contributed by atoms with Gasteiger partial charge in [0.15, 0.2) is 0 Å². The van der Waals surface area contributed by atoms with Crippen molar-refractivity contribution in [3.8, 4) is 5.75 Å². The van der Waals surface area contributed by atoms with Crippen molar-refractivity contribution in [2.24, 2.45) is 5.73 Å². The Morgan fingerprint density at radius 2 is 1.71 bits per heavy atom. The van der Waals surface area contributed by atoms with Crippen LogP contribution in [0.4, 0.5) is 0 Å². The molecule has 0 radical (unpaired) electrons. The molecule has 3 N–H and O–H groups in total. The molecule has 0 saturated heterocycles. The molecule has 0 aliphatic carbocycles. The van der Waals surface area contributed by atoms with Crippen molar-refractivity contribution in [2.75, 3.05) is 7.11 Å². The first-order valence-corrected chi connectivity index (χ1v) is 7.16. The number of para-hydroxylation sites is 1. The Morgan fingerprint density at radius 3 is 2.33 bits per heavy atom. The Kier molecular flexibility index (Phi) is 4.99. The summed E-state index contributed by atoms with van der Waals surface area (Å²) in [5, 5.41) is 9.70. The van der Waals surface area contributed by atoms with Crippen molar-refractivity contribution in [3.63, 3.8) is 0 Å². The van der Waals surface area contributed by atoms with Crippen molar-refractivity contribution in [3.05, 3.63) is 65.7 Å². The van der Waals surface area contributed by atoms with Gasteiger partial charge in [-0.15, -0.1) is 0 Å². The zero-order valence-corrected chi connectivity index (χ0v) is 12.6. The summed E-state index contributed by atoms with van der Waals surface area (Å²) in [6, 6.07) is 18.2. The van der Waals surface area contributed by atoms with Gasteiger partial charge in [-0.1, -0.05) is 55.5 Å². The van der Waals surface area contributed by atoms with Gasteiger partial charge in [-0.3, -0.25) is 0 Å². The molecule has 0 spiro atoms. The van der Waals surface area contributed by atoms with Crippen molar-refractivity contribution in [2.45, 2.75) is 31.4 Å². The molecule has 2 aromatic rings. The molecule has 2 atom stereocenters. The second kappa shape index (κ2) is 6.74. The summed E-state index contributed by atoms with van der Waals surface area (Å²) >= 11 is 0. The number of hydrogen-bond donors (Lipinski definition) is 2. The summed E-state index contributed by atoms with van der Waals surface area (Å²) in [6.45, 7) is 2.13. The lowest BCUT2D eigenvalue weighted by Crippen LogP contribution is -2.34.